The van der Waals surface area contributed by atoms with Crippen LogP contribution in [-0.2, 0) is 0 Å². The van der Waals surface area contributed by atoms with E-state index in [1.165, 1.54) is 5.70 Å². The average molecular weight is 440 g/mol. The number of fused-ring (bicyclic) bond motifs is 1. The van der Waals surface area contributed by atoms with Crippen molar-refractivity contribution in [1.29, 1.82) is 0 Å². The summed E-state index contributed by atoms with van der Waals surface area (Å²) in [7, 11) is 0. The van der Waals surface area contributed by atoms with Crippen LogP contribution >= 0.6 is 0 Å². The number of para-hydroxylation sites is 4. The Labute approximate surface area is 199 Å². The third-order valence-electron chi connectivity index (χ3n) is 6.21. The number of rotatable bonds is 5. The van der Waals surface area contributed by atoms with Crippen molar-refractivity contribution in [3.63, 3.8) is 0 Å². The molecule has 0 radical (unpaired) electrons. The first-order valence-corrected chi connectivity index (χ1v) is 11.7. The Kier molecular flexibility index (Phi) is 5.29. The number of hydrogen-bond donors (Lipinski definition) is 0. The van der Waals surface area contributed by atoms with Gasteiger partial charge in [-0.2, -0.15) is 0 Å². The quantitative estimate of drug-likeness (QED) is 0.276. The van der Waals surface area contributed by atoms with Gasteiger partial charge >= 0.3 is 0 Å². The SMILES string of the molecule is C1=CC(N(c2ccccc2)c2ccc(-c3nc4ccccc4n3-c3ccccc3)cc2)=CCC1. The fraction of sp³-hybridized carbons (Fsp3) is 0.0645. The van der Waals surface area contributed by atoms with E-state index >= 15 is 0 Å². The predicted molar refractivity (Wildman–Crippen MR) is 142 cm³/mol. The van der Waals surface area contributed by atoms with Crippen LogP contribution in [0.15, 0.2) is 133 Å². The Bertz CT molecular complexity index is 1480. The molecular formula is C31H25N3. The van der Waals surface area contributed by atoms with E-state index in [1.54, 1.807) is 0 Å². The van der Waals surface area contributed by atoms with Crippen LogP contribution in [0.25, 0.3) is 28.1 Å². The third kappa shape index (κ3) is 3.71. The minimum Gasteiger partial charge on any atom is -0.311 e. The van der Waals surface area contributed by atoms with Gasteiger partial charge in [-0.3, -0.25) is 4.57 Å². The van der Waals surface area contributed by atoms with Gasteiger partial charge in [0, 0.05) is 28.3 Å². The first kappa shape index (κ1) is 20.3. The van der Waals surface area contributed by atoms with Crippen LogP contribution in [0.5, 0.6) is 0 Å². The first-order valence-electron chi connectivity index (χ1n) is 11.7. The largest absolute Gasteiger partial charge is 0.311 e. The summed E-state index contributed by atoms with van der Waals surface area (Å²) in [6.45, 7) is 0. The lowest BCUT2D eigenvalue weighted by molar-refractivity contribution is 0.997. The summed E-state index contributed by atoms with van der Waals surface area (Å²) < 4.78 is 2.24. The molecule has 0 N–H and O–H groups in total. The monoisotopic (exact) mass is 439 g/mol. The summed E-state index contributed by atoms with van der Waals surface area (Å²) in [6, 6.07) is 38.1. The van der Waals surface area contributed by atoms with Crippen LogP contribution in [0, 0.1) is 0 Å². The summed E-state index contributed by atoms with van der Waals surface area (Å²) in [4.78, 5) is 7.33. The molecule has 1 heterocycles. The van der Waals surface area contributed by atoms with Gasteiger partial charge in [-0.25, -0.2) is 4.98 Å². The Hall–Kier alpha value is -4.37. The van der Waals surface area contributed by atoms with Gasteiger partial charge in [0.15, 0.2) is 0 Å². The van der Waals surface area contributed by atoms with Gasteiger partial charge in [-0.05, 0) is 79.6 Å². The van der Waals surface area contributed by atoms with Gasteiger partial charge in [0.05, 0.1) is 11.0 Å². The molecule has 1 aliphatic rings. The highest BCUT2D eigenvalue weighted by molar-refractivity contribution is 5.83. The zero-order valence-electron chi connectivity index (χ0n) is 18.9. The normalized spacial score (nSPS) is 13.1. The van der Waals surface area contributed by atoms with Crippen LogP contribution in [0.3, 0.4) is 0 Å². The van der Waals surface area contributed by atoms with Crippen molar-refractivity contribution >= 4 is 22.4 Å². The number of nitrogens with zero attached hydrogens (tertiary/aromatic N) is 3. The second-order valence-electron chi connectivity index (χ2n) is 8.42. The molecular weight excluding hydrogens is 414 g/mol. The van der Waals surface area contributed by atoms with Crippen LogP contribution in [0.2, 0.25) is 0 Å². The molecule has 1 aromatic heterocycles. The number of aromatic nitrogens is 2. The van der Waals surface area contributed by atoms with E-state index in [2.05, 4.69) is 125 Å². The minimum atomic E-state index is 0.946. The lowest BCUT2D eigenvalue weighted by atomic mass is 10.1. The summed E-state index contributed by atoms with van der Waals surface area (Å²) >= 11 is 0. The van der Waals surface area contributed by atoms with Crippen LogP contribution in [-0.4, -0.2) is 9.55 Å². The van der Waals surface area contributed by atoms with Crippen LogP contribution < -0.4 is 4.90 Å². The molecule has 4 aromatic carbocycles. The lowest BCUT2D eigenvalue weighted by Gasteiger charge is -2.27. The number of allylic oxidation sites excluding steroid dienone is 3. The van der Waals surface area contributed by atoms with Gasteiger partial charge < -0.3 is 4.90 Å². The fourth-order valence-corrected chi connectivity index (χ4v) is 4.61. The smallest absolute Gasteiger partial charge is 0.145 e. The highest BCUT2D eigenvalue weighted by Gasteiger charge is 2.17. The number of anilines is 2. The van der Waals surface area contributed by atoms with E-state index in [0.717, 1.165) is 52.3 Å². The maximum atomic E-state index is 5.01. The van der Waals surface area contributed by atoms with Crippen LogP contribution in [0.1, 0.15) is 12.8 Å². The second kappa shape index (κ2) is 8.87. The minimum absolute atomic E-state index is 0.946. The number of hydrogen-bond acceptors (Lipinski definition) is 2. The third-order valence-corrected chi connectivity index (χ3v) is 6.21. The maximum absolute atomic E-state index is 5.01. The Morgan fingerprint density at radius 2 is 1.32 bits per heavy atom. The molecule has 1 aliphatic carbocycles. The van der Waals surface area contributed by atoms with E-state index in [9.17, 15) is 0 Å². The van der Waals surface area contributed by atoms with E-state index in [-0.39, 0.29) is 0 Å². The molecule has 6 rings (SSSR count). The Morgan fingerprint density at radius 3 is 2.06 bits per heavy atom. The molecule has 3 nitrogen and oxygen atoms in total. The van der Waals surface area contributed by atoms with Gasteiger partial charge in [0.2, 0.25) is 0 Å². The van der Waals surface area contributed by atoms with Crippen molar-refractivity contribution in [2.24, 2.45) is 0 Å². The van der Waals surface area contributed by atoms with Crippen molar-refractivity contribution in [3.05, 3.63) is 133 Å². The molecule has 0 fully saturated rings. The Morgan fingerprint density at radius 1 is 0.647 bits per heavy atom. The van der Waals surface area contributed by atoms with Gasteiger partial charge in [0.1, 0.15) is 5.82 Å². The topological polar surface area (TPSA) is 21.1 Å². The molecule has 164 valence electrons. The molecule has 0 unspecified atom stereocenters. The van der Waals surface area contributed by atoms with Crippen molar-refractivity contribution in [1.82, 2.24) is 9.55 Å². The molecule has 0 aliphatic heterocycles. The molecule has 0 atom stereocenters. The molecule has 0 saturated heterocycles. The first-order chi connectivity index (χ1) is 16.9. The standard InChI is InChI=1S/C31H25N3/c1-4-12-25(13-5-1)33(26-14-6-2-7-15-26)28-22-20-24(21-23-28)31-32-29-18-10-11-19-30(29)34(31)27-16-8-3-9-17-27/h1,3-6,8-23H,2,7H2. The molecule has 0 spiro atoms. The van der Waals surface area contributed by atoms with Crippen LogP contribution in [0.4, 0.5) is 11.4 Å². The predicted octanol–water partition coefficient (Wildman–Crippen LogP) is 8.06. The summed E-state index contributed by atoms with van der Waals surface area (Å²) in [5.41, 5.74) is 7.80. The molecule has 34 heavy (non-hydrogen) atoms. The average Bonchev–Trinajstić information content (AvgIpc) is 3.31. The zero-order valence-corrected chi connectivity index (χ0v) is 18.9. The van der Waals surface area contributed by atoms with Gasteiger partial charge in [-0.15, -0.1) is 0 Å². The van der Waals surface area contributed by atoms with Gasteiger partial charge in [0.25, 0.3) is 0 Å². The van der Waals surface area contributed by atoms with Crippen molar-refractivity contribution in [2.45, 2.75) is 12.8 Å². The maximum Gasteiger partial charge on any atom is 0.145 e. The highest BCUT2D eigenvalue weighted by Crippen LogP contribution is 2.34. The summed E-state index contributed by atoms with van der Waals surface area (Å²) in [6.07, 6.45) is 8.95. The second-order valence-corrected chi connectivity index (χ2v) is 8.42. The molecule has 0 amide bonds. The van der Waals surface area contributed by atoms with Crippen molar-refractivity contribution < 1.29 is 0 Å². The van der Waals surface area contributed by atoms with Crippen molar-refractivity contribution in [2.75, 3.05) is 4.90 Å². The fourth-order valence-electron chi connectivity index (χ4n) is 4.61. The summed E-state index contributed by atoms with van der Waals surface area (Å²) in [5, 5.41) is 0. The van der Waals surface area contributed by atoms with E-state index in [1.807, 2.05) is 12.1 Å². The van der Waals surface area contributed by atoms with E-state index in [0.29, 0.717) is 0 Å². The lowest BCUT2D eigenvalue weighted by Crippen LogP contribution is -2.16. The molecule has 0 bridgehead atoms. The van der Waals surface area contributed by atoms with E-state index in [4.69, 9.17) is 4.98 Å². The molecule has 0 saturated carbocycles. The zero-order chi connectivity index (χ0) is 22.7. The van der Waals surface area contributed by atoms with Crippen molar-refractivity contribution in [3.8, 4) is 17.1 Å². The Balaban J connectivity index is 1.46. The number of imidazole rings is 1. The highest BCUT2D eigenvalue weighted by atomic mass is 15.1. The molecule has 5 aromatic rings. The van der Waals surface area contributed by atoms with E-state index < -0.39 is 0 Å². The molecule has 3 heteroatoms. The number of benzene rings is 4. The van der Waals surface area contributed by atoms with Gasteiger partial charge in [-0.1, -0.05) is 60.7 Å². The summed E-state index contributed by atoms with van der Waals surface area (Å²) in [5.74, 6) is 0.946.